The van der Waals surface area contributed by atoms with E-state index in [1.54, 1.807) is 13.8 Å². The van der Waals surface area contributed by atoms with Crippen LogP contribution in [0.2, 0.25) is 0 Å². The van der Waals surface area contributed by atoms with Crippen molar-refractivity contribution >= 4 is 23.7 Å². The van der Waals surface area contributed by atoms with Crippen LogP contribution in [0.1, 0.15) is 47.0 Å². The summed E-state index contributed by atoms with van der Waals surface area (Å²) in [5, 5.41) is 0. The second-order valence-corrected chi connectivity index (χ2v) is 6.72. The number of rotatable bonds is 5. The first-order valence-electron chi connectivity index (χ1n) is 8.06. The van der Waals surface area contributed by atoms with Crippen molar-refractivity contribution in [2.75, 3.05) is 13.2 Å². The van der Waals surface area contributed by atoms with Crippen LogP contribution in [0.5, 0.6) is 0 Å². The molecule has 7 heteroatoms. The van der Waals surface area contributed by atoms with Crippen LogP contribution in [0, 0.1) is 5.92 Å². The summed E-state index contributed by atoms with van der Waals surface area (Å²) in [6.45, 7) is 7.05. The molecule has 2 aliphatic heterocycles. The van der Waals surface area contributed by atoms with Gasteiger partial charge in [0.25, 0.3) is 11.8 Å². The van der Waals surface area contributed by atoms with E-state index in [2.05, 4.69) is 0 Å². The fourth-order valence-corrected chi connectivity index (χ4v) is 3.41. The molecular weight excluding hydrogens is 300 g/mol. The lowest BCUT2D eigenvalue weighted by Crippen LogP contribution is -2.69. The van der Waals surface area contributed by atoms with E-state index in [1.807, 2.05) is 13.8 Å². The summed E-state index contributed by atoms with van der Waals surface area (Å²) in [4.78, 5) is 51.9. The first-order chi connectivity index (χ1) is 10.7. The second kappa shape index (κ2) is 6.29. The van der Waals surface area contributed by atoms with E-state index < -0.39 is 35.9 Å². The monoisotopic (exact) mass is 324 g/mol. The topological polar surface area (TPSA) is 84.0 Å². The van der Waals surface area contributed by atoms with Gasteiger partial charge >= 0.3 is 5.97 Å². The smallest absolute Gasteiger partial charge is 0.326 e. The van der Waals surface area contributed by atoms with Gasteiger partial charge in [-0.3, -0.25) is 24.1 Å². The van der Waals surface area contributed by atoms with Gasteiger partial charge in [-0.15, -0.1) is 0 Å². The molecule has 0 saturated carbocycles. The van der Waals surface area contributed by atoms with E-state index in [9.17, 15) is 19.2 Å². The molecule has 0 aromatic rings. The van der Waals surface area contributed by atoms with Crippen LogP contribution in [-0.2, 0) is 23.9 Å². The molecule has 0 spiro atoms. The molecule has 2 atom stereocenters. The van der Waals surface area contributed by atoms with Crippen LogP contribution in [-0.4, -0.2) is 58.2 Å². The SMILES string of the molecule is CCOC(=O)CN1C(=O)C(CC(C)C)N2C(=O)CCC2(C)C1=O. The number of ether oxygens (including phenoxy) is 1. The van der Waals surface area contributed by atoms with E-state index in [4.69, 9.17) is 4.74 Å². The molecule has 0 N–H and O–H groups in total. The molecule has 23 heavy (non-hydrogen) atoms. The molecule has 0 aliphatic carbocycles. The van der Waals surface area contributed by atoms with E-state index >= 15 is 0 Å². The summed E-state index contributed by atoms with van der Waals surface area (Å²) in [7, 11) is 0. The molecule has 2 aliphatic rings. The van der Waals surface area contributed by atoms with E-state index in [1.165, 1.54) is 4.90 Å². The summed E-state index contributed by atoms with van der Waals surface area (Å²) < 4.78 is 4.86. The van der Waals surface area contributed by atoms with Gasteiger partial charge in [-0.05, 0) is 32.6 Å². The van der Waals surface area contributed by atoms with Gasteiger partial charge in [-0.2, -0.15) is 0 Å². The van der Waals surface area contributed by atoms with Gasteiger partial charge in [0, 0.05) is 6.42 Å². The molecule has 0 aromatic heterocycles. The maximum absolute atomic E-state index is 12.8. The second-order valence-electron chi connectivity index (χ2n) is 6.72. The lowest BCUT2D eigenvalue weighted by Gasteiger charge is -2.47. The van der Waals surface area contributed by atoms with E-state index in [0.717, 1.165) is 4.90 Å². The van der Waals surface area contributed by atoms with Gasteiger partial charge in [0.05, 0.1) is 6.61 Å². The normalized spacial score (nSPS) is 27.7. The minimum Gasteiger partial charge on any atom is -0.465 e. The molecule has 2 fully saturated rings. The van der Waals surface area contributed by atoms with Crippen LogP contribution in [0.15, 0.2) is 0 Å². The van der Waals surface area contributed by atoms with E-state index in [0.29, 0.717) is 12.8 Å². The highest BCUT2D eigenvalue weighted by molar-refractivity contribution is 6.10. The molecule has 2 saturated heterocycles. The molecule has 0 aromatic carbocycles. The lowest BCUT2D eigenvalue weighted by atomic mass is 9.88. The molecule has 2 unspecified atom stereocenters. The fourth-order valence-electron chi connectivity index (χ4n) is 3.41. The van der Waals surface area contributed by atoms with Crippen LogP contribution in [0.3, 0.4) is 0 Å². The Morgan fingerprint density at radius 1 is 1.35 bits per heavy atom. The number of imide groups is 1. The number of carbonyl (C=O) groups excluding carboxylic acids is 4. The zero-order chi connectivity index (χ0) is 17.4. The Morgan fingerprint density at radius 3 is 2.57 bits per heavy atom. The van der Waals surface area contributed by atoms with Crippen LogP contribution < -0.4 is 0 Å². The van der Waals surface area contributed by atoms with Gasteiger partial charge < -0.3 is 9.64 Å². The Bertz CT molecular complexity index is 545. The standard InChI is InChI=1S/C16H24N2O5/c1-5-23-13(20)9-17-14(21)11(8-10(2)3)18-12(19)6-7-16(18,4)15(17)22/h10-11H,5-9H2,1-4H3. The lowest BCUT2D eigenvalue weighted by molar-refractivity contribution is -0.174. The Kier molecular flexibility index (Phi) is 4.77. The predicted molar refractivity (Wildman–Crippen MR) is 81.1 cm³/mol. The van der Waals surface area contributed by atoms with Crippen LogP contribution >= 0.6 is 0 Å². The number of hydrogen-bond donors (Lipinski definition) is 0. The average molecular weight is 324 g/mol. The molecule has 3 amide bonds. The largest absolute Gasteiger partial charge is 0.465 e. The van der Waals surface area contributed by atoms with Crippen LogP contribution in [0.25, 0.3) is 0 Å². The maximum atomic E-state index is 12.8. The zero-order valence-electron chi connectivity index (χ0n) is 14.1. The highest BCUT2D eigenvalue weighted by Crippen LogP contribution is 2.39. The summed E-state index contributed by atoms with van der Waals surface area (Å²) in [5.74, 6) is -1.57. The summed E-state index contributed by atoms with van der Waals surface area (Å²) in [6.07, 6.45) is 1.08. The van der Waals surface area contributed by atoms with Gasteiger partial charge in [-0.25, -0.2) is 0 Å². The number of amides is 3. The third-order valence-electron chi connectivity index (χ3n) is 4.48. The molecule has 0 bridgehead atoms. The number of esters is 1. The first kappa shape index (κ1) is 17.4. The van der Waals surface area contributed by atoms with Gasteiger partial charge in [0.15, 0.2) is 0 Å². The third kappa shape index (κ3) is 2.96. The Labute approximate surface area is 135 Å². The van der Waals surface area contributed by atoms with Crippen molar-refractivity contribution in [3.63, 3.8) is 0 Å². The van der Waals surface area contributed by atoms with Crippen molar-refractivity contribution < 1.29 is 23.9 Å². The van der Waals surface area contributed by atoms with E-state index in [-0.39, 0.29) is 24.9 Å². The number of fused-ring (bicyclic) bond motifs is 1. The minimum absolute atomic E-state index is 0.171. The van der Waals surface area contributed by atoms with Crippen molar-refractivity contribution in [1.82, 2.24) is 9.80 Å². The molecule has 0 radical (unpaired) electrons. The van der Waals surface area contributed by atoms with Crippen molar-refractivity contribution in [2.45, 2.75) is 58.5 Å². The molecular formula is C16H24N2O5. The number of nitrogens with zero attached hydrogens (tertiary/aromatic N) is 2. The van der Waals surface area contributed by atoms with Crippen molar-refractivity contribution in [3.8, 4) is 0 Å². The average Bonchev–Trinajstić information content (AvgIpc) is 2.77. The Morgan fingerprint density at radius 2 is 2.00 bits per heavy atom. The number of hydrogen-bond acceptors (Lipinski definition) is 5. The first-order valence-corrected chi connectivity index (χ1v) is 8.06. The summed E-state index contributed by atoms with van der Waals surface area (Å²) >= 11 is 0. The molecule has 2 rings (SSSR count). The number of carbonyl (C=O) groups is 4. The summed E-state index contributed by atoms with van der Waals surface area (Å²) in [6, 6.07) is -0.692. The predicted octanol–water partition coefficient (Wildman–Crippen LogP) is 0.714. The van der Waals surface area contributed by atoms with Crippen LogP contribution in [0.4, 0.5) is 0 Å². The Hall–Kier alpha value is -1.92. The highest BCUT2D eigenvalue weighted by Gasteiger charge is 2.59. The molecule has 2 heterocycles. The molecule has 7 nitrogen and oxygen atoms in total. The third-order valence-corrected chi connectivity index (χ3v) is 4.48. The Balaban J connectivity index is 2.35. The maximum Gasteiger partial charge on any atom is 0.326 e. The van der Waals surface area contributed by atoms with Gasteiger partial charge in [0.2, 0.25) is 5.91 Å². The van der Waals surface area contributed by atoms with Crippen molar-refractivity contribution in [3.05, 3.63) is 0 Å². The highest BCUT2D eigenvalue weighted by atomic mass is 16.5. The van der Waals surface area contributed by atoms with Crippen molar-refractivity contribution in [2.24, 2.45) is 5.92 Å². The van der Waals surface area contributed by atoms with Gasteiger partial charge in [0.1, 0.15) is 18.1 Å². The summed E-state index contributed by atoms with van der Waals surface area (Å²) in [5.41, 5.74) is -1.04. The van der Waals surface area contributed by atoms with Crippen molar-refractivity contribution in [1.29, 1.82) is 0 Å². The molecule has 128 valence electrons. The number of piperazine rings is 1. The zero-order valence-corrected chi connectivity index (χ0v) is 14.1. The van der Waals surface area contributed by atoms with Gasteiger partial charge in [-0.1, -0.05) is 13.8 Å². The fraction of sp³-hybridized carbons (Fsp3) is 0.750. The minimum atomic E-state index is -1.04. The quantitative estimate of drug-likeness (QED) is 0.549.